The van der Waals surface area contributed by atoms with E-state index in [9.17, 15) is 31.6 Å². The molecule has 4 rings (SSSR count). The summed E-state index contributed by atoms with van der Waals surface area (Å²) in [5.74, 6) is -1.55. The van der Waals surface area contributed by atoms with Gasteiger partial charge in [0.1, 0.15) is 5.54 Å². The summed E-state index contributed by atoms with van der Waals surface area (Å²) in [4.78, 5) is 13.0. The Balaban J connectivity index is 1.60. The average molecular weight is 561 g/mol. The normalized spacial score (nSPS) is 23.2. The molecule has 1 unspecified atom stereocenters. The molecule has 1 N–H and O–H groups in total. The molecule has 0 radical (unpaired) electrons. The number of alkyl halides is 3. The van der Waals surface area contributed by atoms with Gasteiger partial charge in [0, 0.05) is 5.02 Å². The van der Waals surface area contributed by atoms with Crippen LogP contribution < -0.4 is 5.32 Å². The van der Waals surface area contributed by atoms with Gasteiger partial charge in [0.25, 0.3) is 0 Å². The predicted molar refractivity (Wildman–Crippen MR) is 126 cm³/mol. The number of nitrogens with zero attached hydrogens (tertiary/aromatic N) is 1. The fourth-order valence-corrected chi connectivity index (χ4v) is 6.88. The minimum Gasteiger partial charge on any atom is -0.373 e. The van der Waals surface area contributed by atoms with Crippen molar-refractivity contribution in [2.24, 2.45) is 5.92 Å². The summed E-state index contributed by atoms with van der Waals surface area (Å²) in [6.07, 6.45) is -5.00. The lowest BCUT2D eigenvalue weighted by atomic mass is 10.0. The lowest BCUT2D eigenvalue weighted by Gasteiger charge is -2.22. The number of ether oxygens (including phenoxy) is 1. The lowest BCUT2D eigenvalue weighted by molar-refractivity contribution is -0.140. The number of hydrogen-bond acceptors (Lipinski definition) is 5. The summed E-state index contributed by atoms with van der Waals surface area (Å²) < 4.78 is 73.0. The number of benzene rings is 2. The molecule has 0 aliphatic heterocycles. The number of sulfone groups is 1. The standard InChI is InChI=1S/C24H21Cl2F3N2O4S/c25-15-6-5-14(18(9-15)24(27,28)29)12-35-20-11-16(36(33,34)21-4-2-1-3-19(21)26)10-17(20)22(32)31-23(13-30)7-8-23/h1-6,9,16-17,20H,7-8,10-12H2,(H,31,32)/t16-,17?,20-/m0/s1. The Morgan fingerprint density at radius 3 is 2.47 bits per heavy atom. The van der Waals surface area contributed by atoms with E-state index in [2.05, 4.69) is 5.32 Å². The van der Waals surface area contributed by atoms with Crippen molar-refractivity contribution in [1.82, 2.24) is 5.32 Å². The number of carbonyl (C=O) groups excluding carboxylic acids is 1. The minimum absolute atomic E-state index is 0.0280. The van der Waals surface area contributed by atoms with Gasteiger partial charge in [0.05, 0.1) is 45.4 Å². The molecular formula is C24H21Cl2F3N2O4S. The van der Waals surface area contributed by atoms with Crippen molar-refractivity contribution >= 4 is 38.9 Å². The molecule has 2 saturated carbocycles. The molecule has 36 heavy (non-hydrogen) atoms. The first-order valence-electron chi connectivity index (χ1n) is 11.1. The molecule has 2 aromatic carbocycles. The number of rotatable bonds is 7. The fraction of sp³-hybridized carbons (Fsp3) is 0.417. The molecular weight excluding hydrogens is 540 g/mol. The van der Waals surface area contributed by atoms with Crippen molar-refractivity contribution in [2.75, 3.05) is 0 Å². The van der Waals surface area contributed by atoms with Gasteiger partial charge in [-0.05, 0) is 55.5 Å². The first kappa shape index (κ1) is 26.7. The Labute approximate surface area is 216 Å². The SMILES string of the molecule is N#CC1(NC(=O)C2C[C@H](S(=O)(=O)c3ccccc3Cl)C[C@@H]2OCc2ccc(Cl)cc2C(F)(F)F)CC1. The maximum absolute atomic E-state index is 13.5. The van der Waals surface area contributed by atoms with E-state index < -0.39 is 56.9 Å². The van der Waals surface area contributed by atoms with Gasteiger partial charge in [-0.25, -0.2) is 8.42 Å². The van der Waals surface area contributed by atoms with Crippen LogP contribution in [0.15, 0.2) is 47.4 Å². The van der Waals surface area contributed by atoms with Crippen LogP contribution in [0.1, 0.15) is 36.8 Å². The van der Waals surface area contributed by atoms with Crippen molar-refractivity contribution in [3.8, 4) is 6.07 Å². The van der Waals surface area contributed by atoms with Crippen molar-refractivity contribution in [1.29, 1.82) is 5.26 Å². The predicted octanol–water partition coefficient (Wildman–Crippen LogP) is 5.32. The second-order valence-corrected chi connectivity index (χ2v) is 12.0. The average Bonchev–Trinajstić information content (AvgIpc) is 3.44. The second kappa shape index (κ2) is 9.86. The molecule has 0 saturated heterocycles. The molecule has 2 fully saturated rings. The van der Waals surface area contributed by atoms with Gasteiger partial charge in [-0.15, -0.1) is 0 Å². The summed E-state index contributed by atoms with van der Waals surface area (Å²) in [5.41, 5.74) is -2.17. The Morgan fingerprint density at radius 1 is 1.17 bits per heavy atom. The summed E-state index contributed by atoms with van der Waals surface area (Å²) in [6, 6.07) is 11.2. The van der Waals surface area contributed by atoms with E-state index >= 15 is 0 Å². The minimum atomic E-state index is -4.68. The van der Waals surface area contributed by atoms with Crippen LogP contribution >= 0.6 is 23.2 Å². The molecule has 0 bridgehead atoms. The highest BCUT2D eigenvalue weighted by Crippen LogP contribution is 2.41. The molecule has 0 aromatic heterocycles. The first-order valence-corrected chi connectivity index (χ1v) is 13.4. The van der Waals surface area contributed by atoms with E-state index in [0.29, 0.717) is 12.8 Å². The van der Waals surface area contributed by atoms with Gasteiger partial charge < -0.3 is 10.1 Å². The largest absolute Gasteiger partial charge is 0.416 e. The maximum Gasteiger partial charge on any atom is 0.416 e. The van der Waals surface area contributed by atoms with Gasteiger partial charge in [-0.1, -0.05) is 41.4 Å². The highest BCUT2D eigenvalue weighted by atomic mass is 35.5. The van der Waals surface area contributed by atoms with Crippen LogP contribution in [0.3, 0.4) is 0 Å². The number of nitriles is 1. The Morgan fingerprint density at radius 2 is 1.86 bits per heavy atom. The van der Waals surface area contributed by atoms with Crippen LogP contribution in [0.4, 0.5) is 13.2 Å². The van der Waals surface area contributed by atoms with Crippen molar-refractivity contribution in [3.05, 3.63) is 63.6 Å². The van der Waals surface area contributed by atoms with Crippen molar-refractivity contribution in [2.45, 2.75) is 60.3 Å². The van der Waals surface area contributed by atoms with E-state index in [0.717, 1.165) is 6.07 Å². The Hall–Kier alpha value is -2.32. The summed E-state index contributed by atoms with van der Waals surface area (Å²) in [5, 5.41) is 10.9. The van der Waals surface area contributed by atoms with Crippen LogP contribution in [0, 0.1) is 17.2 Å². The smallest absolute Gasteiger partial charge is 0.373 e. The highest BCUT2D eigenvalue weighted by molar-refractivity contribution is 7.92. The van der Waals surface area contributed by atoms with Crippen LogP contribution in [0.2, 0.25) is 10.0 Å². The molecule has 0 spiro atoms. The molecule has 12 heteroatoms. The van der Waals surface area contributed by atoms with E-state index in [1.807, 2.05) is 6.07 Å². The third-order valence-electron chi connectivity index (χ3n) is 6.54. The number of nitrogens with one attached hydrogen (secondary N) is 1. The van der Waals surface area contributed by atoms with Crippen LogP contribution in [0.25, 0.3) is 0 Å². The van der Waals surface area contributed by atoms with Crippen LogP contribution in [-0.4, -0.2) is 31.2 Å². The van der Waals surface area contributed by atoms with Crippen LogP contribution in [0.5, 0.6) is 0 Å². The summed E-state index contributed by atoms with van der Waals surface area (Å²) >= 11 is 11.8. The van der Waals surface area contributed by atoms with Crippen molar-refractivity contribution in [3.63, 3.8) is 0 Å². The van der Waals surface area contributed by atoms with Gasteiger partial charge in [-0.2, -0.15) is 18.4 Å². The highest BCUT2D eigenvalue weighted by Gasteiger charge is 2.50. The molecule has 2 aromatic rings. The van der Waals surface area contributed by atoms with Gasteiger partial charge >= 0.3 is 6.18 Å². The third kappa shape index (κ3) is 5.49. The molecule has 6 nitrogen and oxygen atoms in total. The van der Waals surface area contributed by atoms with Gasteiger partial charge in [-0.3, -0.25) is 4.79 Å². The second-order valence-electron chi connectivity index (χ2n) is 9.01. The Kier molecular flexibility index (Phi) is 7.32. The zero-order valence-electron chi connectivity index (χ0n) is 18.7. The first-order chi connectivity index (χ1) is 16.9. The van der Waals surface area contributed by atoms with E-state index in [-0.39, 0.29) is 33.3 Å². The quantitative estimate of drug-likeness (QED) is 0.494. The van der Waals surface area contributed by atoms with Gasteiger partial charge in [0.15, 0.2) is 9.84 Å². The monoisotopic (exact) mass is 560 g/mol. The van der Waals surface area contributed by atoms with Crippen LogP contribution in [-0.2, 0) is 32.2 Å². The maximum atomic E-state index is 13.5. The van der Waals surface area contributed by atoms with E-state index in [1.54, 1.807) is 6.07 Å². The summed E-state index contributed by atoms with van der Waals surface area (Å²) in [7, 11) is -3.98. The molecule has 0 heterocycles. The lowest BCUT2D eigenvalue weighted by Crippen LogP contribution is -2.42. The topological polar surface area (TPSA) is 96.3 Å². The van der Waals surface area contributed by atoms with Gasteiger partial charge in [0.2, 0.25) is 5.91 Å². The third-order valence-corrected chi connectivity index (χ3v) is 9.44. The molecule has 192 valence electrons. The zero-order valence-corrected chi connectivity index (χ0v) is 21.0. The number of carbonyl (C=O) groups is 1. The van der Waals surface area contributed by atoms with E-state index in [4.69, 9.17) is 27.9 Å². The molecule has 1 amide bonds. The van der Waals surface area contributed by atoms with Crippen molar-refractivity contribution < 1.29 is 31.1 Å². The molecule has 2 aliphatic rings. The zero-order chi connectivity index (χ0) is 26.3. The number of halogens is 5. The summed E-state index contributed by atoms with van der Waals surface area (Å²) in [6.45, 7) is -0.511. The number of amides is 1. The fourth-order valence-electron chi connectivity index (χ4n) is 4.38. The molecule has 2 aliphatic carbocycles. The number of hydrogen-bond donors (Lipinski definition) is 1. The van der Waals surface area contributed by atoms with E-state index in [1.165, 1.54) is 30.3 Å². The molecule has 3 atom stereocenters. The Bertz CT molecular complexity index is 1320.